The first-order valence-electron chi connectivity index (χ1n) is 7.03. The minimum absolute atomic E-state index is 0.258. The van der Waals surface area contributed by atoms with E-state index >= 15 is 0 Å². The molecule has 2 amide bonds. The number of carbonyl (C=O) groups is 2. The number of hydrogen-bond donors (Lipinski definition) is 2. The number of nitrogens with one attached hydrogen (secondary N) is 2. The van der Waals surface area contributed by atoms with Gasteiger partial charge in [0.2, 0.25) is 11.8 Å². The van der Waals surface area contributed by atoms with Crippen LogP contribution in [-0.2, 0) is 9.59 Å². The van der Waals surface area contributed by atoms with Gasteiger partial charge in [-0.1, -0.05) is 59.0 Å². The van der Waals surface area contributed by atoms with Crippen LogP contribution >= 0.6 is 21.6 Å². The summed E-state index contributed by atoms with van der Waals surface area (Å²) in [5, 5.41) is 5.56. The fraction of sp³-hybridized carbons (Fsp3) is 0. The Hall–Kier alpha value is -2.44. The quantitative estimate of drug-likeness (QED) is 0.556. The molecule has 0 spiro atoms. The van der Waals surface area contributed by atoms with Gasteiger partial charge in [-0.2, -0.15) is 0 Å². The van der Waals surface area contributed by atoms with E-state index in [4.69, 9.17) is 0 Å². The Morgan fingerprint density at radius 1 is 0.750 bits per heavy atom. The van der Waals surface area contributed by atoms with Gasteiger partial charge in [0.15, 0.2) is 0 Å². The average molecular weight is 356 g/mol. The minimum Gasteiger partial charge on any atom is -0.321 e. The third-order valence-corrected chi connectivity index (χ3v) is 5.36. The van der Waals surface area contributed by atoms with Crippen molar-refractivity contribution in [2.24, 2.45) is 0 Å². The molecule has 2 rings (SSSR count). The standard InChI is InChI=1S/C18H16N2O2S2/c1-3-17(21)19-13-9-5-7-11-15(13)23-24-16-12-8-6-10-14(16)20-18(22)4-2/h3-12H,1-2H2,(H,19,21)(H,20,22). The second-order valence-electron chi connectivity index (χ2n) is 4.55. The summed E-state index contributed by atoms with van der Waals surface area (Å²) >= 11 is 0. The summed E-state index contributed by atoms with van der Waals surface area (Å²) in [6.07, 6.45) is 2.46. The van der Waals surface area contributed by atoms with Crippen LogP contribution in [0.25, 0.3) is 0 Å². The molecular formula is C18H16N2O2S2. The smallest absolute Gasteiger partial charge is 0.247 e. The summed E-state index contributed by atoms with van der Waals surface area (Å²) in [5.74, 6) is -0.515. The van der Waals surface area contributed by atoms with Crippen molar-refractivity contribution in [3.8, 4) is 0 Å². The van der Waals surface area contributed by atoms with E-state index in [1.54, 1.807) is 0 Å². The molecule has 0 atom stereocenters. The van der Waals surface area contributed by atoms with Gasteiger partial charge in [0, 0.05) is 9.79 Å². The first-order chi connectivity index (χ1) is 11.6. The Balaban J connectivity index is 2.14. The first-order valence-corrected chi connectivity index (χ1v) is 9.18. The monoisotopic (exact) mass is 356 g/mol. The summed E-state index contributed by atoms with van der Waals surface area (Å²) in [5.41, 5.74) is 1.43. The highest BCUT2D eigenvalue weighted by Gasteiger charge is 2.09. The molecule has 24 heavy (non-hydrogen) atoms. The molecule has 0 saturated carbocycles. The first kappa shape index (κ1) is 17.9. The Kier molecular flexibility index (Phi) is 6.72. The molecule has 0 saturated heterocycles. The van der Waals surface area contributed by atoms with E-state index in [0.717, 1.165) is 9.79 Å². The summed E-state index contributed by atoms with van der Waals surface area (Å²) < 4.78 is 0. The van der Waals surface area contributed by atoms with E-state index in [0.29, 0.717) is 11.4 Å². The Bertz CT molecular complexity index is 710. The van der Waals surface area contributed by atoms with E-state index in [-0.39, 0.29) is 11.8 Å². The SMILES string of the molecule is C=CC(=O)Nc1ccccc1SSc1ccccc1NC(=O)C=C. The topological polar surface area (TPSA) is 58.2 Å². The van der Waals surface area contributed by atoms with Crippen LogP contribution in [0.2, 0.25) is 0 Å². The third kappa shape index (κ3) is 5.04. The van der Waals surface area contributed by atoms with E-state index in [2.05, 4.69) is 23.8 Å². The molecule has 2 aromatic carbocycles. The van der Waals surface area contributed by atoms with Crippen molar-refractivity contribution >= 4 is 44.8 Å². The second-order valence-corrected chi connectivity index (χ2v) is 6.76. The van der Waals surface area contributed by atoms with Crippen LogP contribution < -0.4 is 10.6 Å². The van der Waals surface area contributed by atoms with Crippen LogP contribution in [0.15, 0.2) is 83.6 Å². The molecule has 0 aromatic heterocycles. The lowest BCUT2D eigenvalue weighted by atomic mass is 10.3. The van der Waals surface area contributed by atoms with Gasteiger partial charge in [-0.25, -0.2) is 0 Å². The van der Waals surface area contributed by atoms with Gasteiger partial charge in [-0.05, 0) is 36.4 Å². The molecule has 0 unspecified atom stereocenters. The van der Waals surface area contributed by atoms with Crippen LogP contribution in [0, 0.1) is 0 Å². The molecule has 0 aliphatic rings. The van der Waals surface area contributed by atoms with Crippen LogP contribution in [0.3, 0.4) is 0 Å². The van der Waals surface area contributed by atoms with E-state index in [9.17, 15) is 9.59 Å². The van der Waals surface area contributed by atoms with Gasteiger partial charge in [-0.3, -0.25) is 9.59 Å². The Morgan fingerprint density at radius 3 is 1.50 bits per heavy atom. The number of benzene rings is 2. The summed E-state index contributed by atoms with van der Waals surface area (Å²) in [6, 6.07) is 15.0. The molecular weight excluding hydrogens is 340 g/mol. The molecule has 0 aliphatic carbocycles. The van der Waals surface area contributed by atoms with Gasteiger partial charge in [-0.15, -0.1) is 0 Å². The predicted molar refractivity (Wildman–Crippen MR) is 102 cm³/mol. The van der Waals surface area contributed by atoms with E-state index in [1.165, 1.54) is 33.7 Å². The van der Waals surface area contributed by atoms with Crippen molar-refractivity contribution in [3.63, 3.8) is 0 Å². The lowest BCUT2D eigenvalue weighted by Gasteiger charge is -2.11. The number of rotatable bonds is 7. The maximum Gasteiger partial charge on any atom is 0.247 e. The molecule has 0 bridgehead atoms. The van der Waals surface area contributed by atoms with Gasteiger partial charge in [0.05, 0.1) is 11.4 Å². The molecule has 0 aliphatic heterocycles. The Morgan fingerprint density at radius 2 is 1.12 bits per heavy atom. The van der Waals surface area contributed by atoms with E-state index in [1.807, 2.05) is 48.5 Å². The molecule has 2 N–H and O–H groups in total. The fourth-order valence-electron chi connectivity index (χ4n) is 1.74. The van der Waals surface area contributed by atoms with Crippen molar-refractivity contribution in [1.82, 2.24) is 0 Å². The van der Waals surface area contributed by atoms with Gasteiger partial charge >= 0.3 is 0 Å². The van der Waals surface area contributed by atoms with Gasteiger partial charge in [0.25, 0.3) is 0 Å². The maximum atomic E-state index is 11.5. The minimum atomic E-state index is -0.258. The lowest BCUT2D eigenvalue weighted by molar-refractivity contribution is -0.112. The fourth-order valence-corrected chi connectivity index (χ4v) is 4.02. The van der Waals surface area contributed by atoms with Crippen molar-refractivity contribution in [1.29, 1.82) is 0 Å². The number of amides is 2. The van der Waals surface area contributed by atoms with Crippen LogP contribution in [0.5, 0.6) is 0 Å². The largest absolute Gasteiger partial charge is 0.321 e. The highest BCUT2D eigenvalue weighted by Crippen LogP contribution is 2.43. The molecule has 0 heterocycles. The van der Waals surface area contributed by atoms with Crippen LogP contribution in [0.1, 0.15) is 0 Å². The predicted octanol–water partition coefficient (Wildman–Crippen LogP) is 4.74. The van der Waals surface area contributed by atoms with Gasteiger partial charge < -0.3 is 10.6 Å². The zero-order valence-electron chi connectivity index (χ0n) is 12.8. The molecule has 0 radical (unpaired) electrons. The Labute approximate surface area is 148 Å². The average Bonchev–Trinajstić information content (AvgIpc) is 2.61. The molecule has 122 valence electrons. The summed E-state index contributed by atoms with van der Waals surface area (Å²) in [4.78, 5) is 24.8. The second kappa shape index (κ2) is 9.00. The highest BCUT2D eigenvalue weighted by molar-refractivity contribution is 8.76. The van der Waals surface area contributed by atoms with Crippen molar-refractivity contribution < 1.29 is 9.59 Å². The number of carbonyl (C=O) groups excluding carboxylic acids is 2. The zero-order valence-corrected chi connectivity index (χ0v) is 14.5. The van der Waals surface area contributed by atoms with Crippen molar-refractivity contribution in [2.45, 2.75) is 9.79 Å². The summed E-state index contributed by atoms with van der Waals surface area (Å²) in [6.45, 7) is 6.91. The lowest BCUT2D eigenvalue weighted by Crippen LogP contribution is -2.08. The molecule has 2 aromatic rings. The van der Waals surface area contributed by atoms with Gasteiger partial charge in [0.1, 0.15) is 0 Å². The molecule has 6 heteroatoms. The number of anilines is 2. The summed E-state index contributed by atoms with van der Waals surface area (Å²) in [7, 11) is 2.98. The highest BCUT2D eigenvalue weighted by atomic mass is 33.1. The van der Waals surface area contributed by atoms with E-state index < -0.39 is 0 Å². The van der Waals surface area contributed by atoms with Crippen molar-refractivity contribution in [2.75, 3.05) is 10.6 Å². The third-order valence-electron chi connectivity index (χ3n) is 2.88. The maximum absolute atomic E-state index is 11.5. The van der Waals surface area contributed by atoms with Crippen LogP contribution in [-0.4, -0.2) is 11.8 Å². The molecule has 4 nitrogen and oxygen atoms in total. The van der Waals surface area contributed by atoms with Crippen LogP contribution in [0.4, 0.5) is 11.4 Å². The van der Waals surface area contributed by atoms with Crippen molar-refractivity contribution in [3.05, 3.63) is 73.8 Å². The number of para-hydroxylation sites is 2. The normalized spacial score (nSPS) is 9.83. The molecule has 0 fully saturated rings. The zero-order chi connectivity index (χ0) is 17.4. The number of hydrogen-bond acceptors (Lipinski definition) is 4.